The van der Waals surface area contributed by atoms with Crippen LogP contribution in [0.4, 0.5) is 0 Å². The van der Waals surface area contributed by atoms with Gasteiger partial charge in [-0.05, 0) is 18.8 Å². The molecule has 20 heavy (non-hydrogen) atoms. The number of rotatable bonds is 4. The Morgan fingerprint density at radius 1 is 1.35 bits per heavy atom. The number of hydrogen-bond donors (Lipinski definition) is 0. The molecule has 0 spiro atoms. The number of aromatic nitrogens is 2. The molecular formula is C15H24N4O. The Bertz CT molecular complexity index is 470. The molecule has 110 valence electrons. The van der Waals surface area contributed by atoms with Gasteiger partial charge in [0.25, 0.3) is 0 Å². The lowest BCUT2D eigenvalue weighted by atomic mass is 10.1. The van der Waals surface area contributed by atoms with Crippen molar-refractivity contribution >= 4 is 0 Å². The van der Waals surface area contributed by atoms with Crippen LogP contribution in [0.1, 0.15) is 18.7 Å². The highest BCUT2D eigenvalue weighted by Gasteiger charge is 2.41. The zero-order chi connectivity index (χ0) is 13.5. The van der Waals surface area contributed by atoms with E-state index in [4.69, 9.17) is 4.74 Å². The number of ether oxygens (including phenoxy) is 1. The van der Waals surface area contributed by atoms with Gasteiger partial charge in [-0.2, -0.15) is 0 Å². The minimum Gasteiger partial charge on any atom is -0.374 e. The van der Waals surface area contributed by atoms with Crippen molar-refractivity contribution in [1.29, 1.82) is 0 Å². The maximum atomic E-state index is 6.00. The van der Waals surface area contributed by atoms with Gasteiger partial charge in [-0.1, -0.05) is 0 Å². The first-order valence-corrected chi connectivity index (χ1v) is 7.84. The quantitative estimate of drug-likeness (QED) is 0.811. The van der Waals surface area contributed by atoms with Gasteiger partial charge in [0.2, 0.25) is 0 Å². The second-order valence-corrected chi connectivity index (χ2v) is 6.56. The number of nitrogens with zero attached hydrogens (tertiary/aromatic N) is 4. The van der Waals surface area contributed by atoms with Gasteiger partial charge in [0.15, 0.2) is 0 Å². The summed E-state index contributed by atoms with van der Waals surface area (Å²) in [5, 5.41) is 0. The average Bonchev–Trinajstić information content (AvgIpc) is 3.01. The van der Waals surface area contributed by atoms with E-state index >= 15 is 0 Å². The Kier molecular flexibility index (Phi) is 3.28. The highest BCUT2D eigenvalue weighted by Crippen LogP contribution is 2.33. The van der Waals surface area contributed by atoms with Crippen molar-refractivity contribution in [3.05, 3.63) is 18.2 Å². The maximum absolute atomic E-state index is 6.00. The minimum absolute atomic E-state index is 0.405. The Balaban J connectivity index is 1.41. The largest absolute Gasteiger partial charge is 0.374 e. The van der Waals surface area contributed by atoms with Crippen LogP contribution in [0, 0.1) is 5.92 Å². The summed E-state index contributed by atoms with van der Waals surface area (Å²) >= 11 is 0. The van der Waals surface area contributed by atoms with Gasteiger partial charge >= 0.3 is 0 Å². The minimum atomic E-state index is 0.405. The molecule has 0 unspecified atom stereocenters. The highest BCUT2D eigenvalue weighted by atomic mass is 16.5. The van der Waals surface area contributed by atoms with Crippen molar-refractivity contribution in [2.75, 3.05) is 32.8 Å². The van der Waals surface area contributed by atoms with E-state index in [2.05, 4.69) is 26.4 Å². The highest BCUT2D eigenvalue weighted by molar-refractivity contribution is 4.99. The molecule has 0 amide bonds. The third kappa shape index (κ3) is 2.50. The van der Waals surface area contributed by atoms with Crippen molar-refractivity contribution < 1.29 is 4.74 Å². The van der Waals surface area contributed by atoms with Crippen molar-refractivity contribution in [1.82, 2.24) is 19.4 Å². The Morgan fingerprint density at radius 3 is 3.00 bits per heavy atom. The summed E-state index contributed by atoms with van der Waals surface area (Å²) in [7, 11) is 2.07. The normalized spacial score (nSPS) is 31.6. The van der Waals surface area contributed by atoms with E-state index < -0.39 is 0 Å². The fraction of sp³-hybridized carbons (Fsp3) is 0.800. The maximum Gasteiger partial charge on any atom is 0.122 e. The number of hydrogen-bond acceptors (Lipinski definition) is 4. The van der Waals surface area contributed by atoms with Crippen LogP contribution in [0.25, 0.3) is 0 Å². The molecule has 0 radical (unpaired) electrons. The van der Waals surface area contributed by atoms with Crippen LogP contribution >= 0.6 is 0 Å². The van der Waals surface area contributed by atoms with Gasteiger partial charge in [0.1, 0.15) is 5.82 Å². The average molecular weight is 276 g/mol. The van der Waals surface area contributed by atoms with E-state index in [1.165, 1.54) is 19.4 Å². The van der Waals surface area contributed by atoms with Gasteiger partial charge in [0.05, 0.1) is 19.3 Å². The summed E-state index contributed by atoms with van der Waals surface area (Å²) in [5.41, 5.74) is 0. The zero-order valence-corrected chi connectivity index (χ0v) is 12.2. The van der Waals surface area contributed by atoms with Crippen LogP contribution in [-0.4, -0.2) is 64.3 Å². The summed E-state index contributed by atoms with van der Waals surface area (Å²) in [6, 6.07) is 0.601. The molecule has 3 aliphatic rings. The molecule has 0 bridgehead atoms. The second kappa shape index (κ2) is 5.13. The molecular weight excluding hydrogens is 252 g/mol. The van der Waals surface area contributed by atoms with E-state index in [1.807, 2.05) is 12.4 Å². The van der Waals surface area contributed by atoms with Crippen LogP contribution < -0.4 is 0 Å². The summed E-state index contributed by atoms with van der Waals surface area (Å²) in [4.78, 5) is 9.63. The third-order valence-corrected chi connectivity index (χ3v) is 4.97. The van der Waals surface area contributed by atoms with Gasteiger partial charge in [-0.3, -0.25) is 9.80 Å². The predicted octanol–water partition coefficient (Wildman–Crippen LogP) is 0.715. The number of imidazole rings is 1. The second-order valence-electron chi connectivity index (χ2n) is 6.56. The summed E-state index contributed by atoms with van der Waals surface area (Å²) in [6.45, 7) is 6.44. The molecule has 0 aromatic carbocycles. The monoisotopic (exact) mass is 276 g/mol. The van der Waals surface area contributed by atoms with Crippen LogP contribution in [0.2, 0.25) is 0 Å². The third-order valence-electron chi connectivity index (χ3n) is 4.97. The van der Waals surface area contributed by atoms with Gasteiger partial charge in [-0.25, -0.2) is 4.98 Å². The number of likely N-dealkylation sites (tertiary alicyclic amines) is 1. The molecule has 1 aromatic rings. The molecule has 2 atom stereocenters. The topological polar surface area (TPSA) is 33.5 Å². The number of fused-ring (bicyclic) bond motifs is 1. The van der Waals surface area contributed by atoms with Crippen LogP contribution in [-0.2, 0) is 18.3 Å². The molecule has 2 saturated heterocycles. The molecule has 5 heteroatoms. The smallest absolute Gasteiger partial charge is 0.122 e. The molecule has 3 fully saturated rings. The molecule has 1 aromatic heterocycles. The van der Waals surface area contributed by atoms with Gasteiger partial charge in [-0.15, -0.1) is 0 Å². The Hall–Kier alpha value is -0.910. The fourth-order valence-corrected chi connectivity index (χ4v) is 3.57. The van der Waals surface area contributed by atoms with Crippen LogP contribution in [0.5, 0.6) is 0 Å². The van der Waals surface area contributed by atoms with Crippen molar-refractivity contribution in [2.45, 2.75) is 31.5 Å². The fourth-order valence-electron chi connectivity index (χ4n) is 3.57. The van der Waals surface area contributed by atoms with Crippen LogP contribution in [0.3, 0.4) is 0 Å². The standard InChI is InChI=1S/C15H24N4O/c1-17-5-4-16-15(17)11-18-9-13-14(10-18)20-7-6-19(13)8-12-2-3-12/h4-5,12-14H,2-3,6-11H2,1H3/t13-,14+/m1/s1. The first kappa shape index (κ1) is 12.8. The molecule has 4 rings (SSSR count). The van der Waals surface area contributed by atoms with E-state index in [1.54, 1.807) is 0 Å². The molecule has 1 aliphatic carbocycles. The SMILES string of the molecule is Cn1ccnc1CN1C[C@@H]2OCCN(CC3CC3)[C@@H]2C1. The van der Waals surface area contributed by atoms with E-state index in [0.717, 1.165) is 44.5 Å². The Morgan fingerprint density at radius 2 is 2.25 bits per heavy atom. The summed E-state index contributed by atoms with van der Waals surface area (Å²) in [6.07, 6.45) is 7.18. The van der Waals surface area contributed by atoms with Crippen molar-refractivity contribution in [3.8, 4) is 0 Å². The predicted molar refractivity (Wildman–Crippen MR) is 76.3 cm³/mol. The summed E-state index contributed by atoms with van der Waals surface area (Å²) < 4.78 is 8.12. The molecule has 0 N–H and O–H groups in total. The van der Waals surface area contributed by atoms with E-state index in [0.29, 0.717) is 12.1 Å². The molecule has 1 saturated carbocycles. The van der Waals surface area contributed by atoms with E-state index in [-0.39, 0.29) is 0 Å². The zero-order valence-electron chi connectivity index (χ0n) is 12.2. The van der Waals surface area contributed by atoms with Crippen molar-refractivity contribution in [2.24, 2.45) is 13.0 Å². The lowest BCUT2D eigenvalue weighted by molar-refractivity contribution is -0.0485. The van der Waals surface area contributed by atoms with E-state index in [9.17, 15) is 0 Å². The number of aryl methyl sites for hydroxylation is 1. The molecule has 5 nitrogen and oxygen atoms in total. The van der Waals surface area contributed by atoms with Crippen molar-refractivity contribution in [3.63, 3.8) is 0 Å². The first-order chi connectivity index (χ1) is 9.79. The summed E-state index contributed by atoms with van der Waals surface area (Å²) in [5.74, 6) is 2.12. The van der Waals surface area contributed by atoms with Gasteiger partial charge in [0, 0.05) is 51.7 Å². The Labute approximate surface area is 120 Å². The lowest BCUT2D eigenvalue weighted by Gasteiger charge is -2.37. The number of morpholine rings is 1. The molecule has 3 heterocycles. The first-order valence-electron chi connectivity index (χ1n) is 7.84. The van der Waals surface area contributed by atoms with Gasteiger partial charge < -0.3 is 9.30 Å². The molecule has 2 aliphatic heterocycles. The lowest BCUT2D eigenvalue weighted by Crippen LogP contribution is -2.51. The van der Waals surface area contributed by atoms with Crippen LogP contribution in [0.15, 0.2) is 12.4 Å².